The lowest BCUT2D eigenvalue weighted by atomic mass is 10.1. The van der Waals surface area contributed by atoms with Crippen molar-refractivity contribution < 1.29 is 14.3 Å². The van der Waals surface area contributed by atoms with Gasteiger partial charge in [-0.25, -0.2) is 4.98 Å². The van der Waals surface area contributed by atoms with Gasteiger partial charge in [-0.05, 0) is 49.6 Å². The third kappa shape index (κ3) is 3.90. The van der Waals surface area contributed by atoms with E-state index in [1.165, 1.54) is 6.42 Å². The summed E-state index contributed by atoms with van der Waals surface area (Å²) in [6.45, 7) is 2.77. The molecule has 3 heterocycles. The van der Waals surface area contributed by atoms with Crippen LogP contribution in [0.1, 0.15) is 40.0 Å². The molecule has 1 saturated heterocycles. The number of piperidine rings is 1. The fraction of sp³-hybridized carbons (Fsp3) is 0.409. The Morgan fingerprint density at radius 2 is 1.72 bits per heavy atom. The Kier molecular flexibility index (Phi) is 5.38. The van der Waals surface area contributed by atoms with Crippen LogP contribution in [0.15, 0.2) is 36.5 Å². The van der Waals surface area contributed by atoms with Gasteiger partial charge in [0.2, 0.25) is 0 Å². The molecule has 0 spiro atoms. The number of benzene rings is 1. The van der Waals surface area contributed by atoms with Crippen molar-refractivity contribution >= 4 is 23.3 Å². The van der Waals surface area contributed by atoms with E-state index in [1.54, 1.807) is 31.3 Å². The molecule has 0 aliphatic carbocycles. The second kappa shape index (κ2) is 8.11. The number of carbonyl (C=O) groups is 2. The molecule has 7 heteroatoms. The number of rotatable bonds is 3. The Morgan fingerprint density at radius 3 is 2.41 bits per heavy atom. The summed E-state index contributed by atoms with van der Waals surface area (Å²) < 4.78 is 5.81. The number of aromatic nitrogens is 1. The van der Waals surface area contributed by atoms with E-state index in [1.807, 2.05) is 29.2 Å². The third-order valence-electron chi connectivity index (χ3n) is 5.38. The summed E-state index contributed by atoms with van der Waals surface area (Å²) in [5.41, 5.74) is 2.15. The van der Waals surface area contributed by atoms with Gasteiger partial charge in [-0.1, -0.05) is 0 Å². The predicted molar refractivity (Wildman–Crippen MR) is 111 cm³/mol. The molecule has 2 aliphatic heterocycles. The standard InChI is InChI=1S/C22H26N4O3/c1-24(2)21(27)16-6-8-18(9-7-16)26-12-13-29-19-14-17(15-23-20(19)26)22(28)25-10-4-3-5-11-25/h6-9,14-15H,3-5,10-13H2,1-2H3. The van der Waals surface area contributed by atoms with E-state index < -0.39 is 0 Å². The average molecular weight is 394 g/mol. The molecule has 1 aromatic carbocycles. The first-order valence-electron chi connectivity index (χ1n) is 10.1. The van der Waals surface area contributed by atoms with Crippen molar-refractivity contribution in [3.8, 4) is 5.75 Å². The number of fused-ring (bicyclic) bond motifs is 1. The van der Waals surface area contributed by atoms with E-state index >= 15 is 0 Å². The maximum Gasteiger partial charge on any atom is 0.255 e. The zero-order chi connectivity index (χ0) is 20.4. The van der Waals surface area contributed by atoms with Gasteiger partial charge in [0.25, 0.3) is 11.8 Å². The summed E-state index contributed by atoms with van der Waals surface area (Å²) in [5, 5.41) is 0. The molecule has 29 heavy (non-hydrogen) atoms. The normalized spacial score (nSPS) is 16.1. The molecule has 2 aromatic rings. The molecule has 4 rings (SSSR count). The van der Waals surface area contributed by atoms with Crippen LogP contribution in [0, 0.1) is 0 Å². The molecule has 0 radical (unpaired) electrons. The molecule has 0 atom stereocenters. The maximum atomic E-state index is 12.8. The molecule has 1 aromatic heterocycles. The molecular weight excluding hydrogens is 368 g/mol. The average Bonchev–Trinajstić information content (AvgIpc) is 2.78. The first-order valence-corrected chi connectivity index (χ1v) is 10.1. The van der Waals surface area contributed by atoms with Gasteiger partial charge in [0.1, 0.15) is 6.61 Å². The second-order valence-corrected chi connectivity index (χ2v) is 7.65. The van der Waals surface area contributed by atoms with Crippen LogP contribution in [0.25, 0.3) is 0 Å². The van der Waals surface area contributed by atoms with E-state index in [9.17, 15) is 9.59 Å². The van der Waals surface area contributed by atoms with E-state index in [-0.39, 0.29) is 11.8 Å². The quantitative estimate of drug-likeness (QED) is 0.801. The van der Waals surface area contributed by atoms with E-state index in [0.29, 0.717) is 35.8 Å². The highest BCUT2D eigenvalue weighted by atomic mass is 16.5. The summed E-state index contributed by atoms with van der Waals surface area (Å²) in [4.78, 5) is 34.9. The van der Waals surface area contributed by atoms with Gasteiger partial charge >= 0.3 is 0 Å². The van der Waals surface area contributed by atoms with Crippen LogP contribution >= 0.6 is 0 Å². The van der Waals surface area contributed by atoms with Crippen LogP contribution in [-0.2, 0) is 0 Å². The van der Waals surface area contributed by atoms with Crippen LogP contribution in [0.4, 0.5) is 11.5 Å². The second-order valence-electron chi connectivity index (χ2n) is 7.65. The number of likely N-dealkylation sites (tertiary alicyclic amines) is 1. The Hall–Kier alpha value is -3.09. The van der Waals surface area contributed by atoms with E-state index in [2.05, 4.69) is 9.88 Å². The summed E-state index contributed by atoms with van der Waals surface area (Å²) in [5.74, 6) is 1.30. The maximum absolute atomic E-state index is 12.8. The van der Waals surface area contributed by atoms with E-state index in [4.69, 9.17) is 4.74 Å². The molecule has 0 bridgehead atoms. The first kappa shape index (κ1) is 19.2. The van der Waals surface area contributed by atoms with Crippen molar-refractivity contribution in [1.82, 2.24) is 14.8 Å². The number of nitrogens with zero attached hydrogens (tertiary/aromatic N) is 4. The number of anilines is 2. The van der Waals surface area contributed by atoms with Crippen molar-refractivity contribution in [1.29, 1.82) is 0 Å². The van der Waals surface area contributed by atoms with Gasteiger partial charge in [-0.2, -0.15) is 0 Å². The molecule has 152 valence electrons. The summed E-state index contributed by atoms with van der Waals surface area (Å²) >= 11 is 0. The SMILES string of the molecule is CN(C)C(=O)c1ccc(N2CCOc3cc(C(=O)N4CCCCC4)cnc32)cc1. The summed E-state index contributed by atoms with van der Waals surface area (Å²) in [7, 11) is 3.47. The Bertz CT molecular complexity index is 905. The summed E-state index contributed by atoms with van der Waals surface area (Å²) in [6, 6.07) is 9.28. The fourth-order valence-electron chi connectivity index (χ4n) is 3.79. The Morgan fingerprint density at radius 1 is 1.00 bits per heavy atom. The Labute approximate surface area is 170 Å². The molecule has 2 amide bonds. The highest BCUT2D eigenvalue weighted by Crippen LogP contribution is 2.35. The monoisotopic (exact) mass is 394 g/mol. The van der Waals surface area contributed by atoms with Crippen LogP contribution < -0.4 is 9.64 Å². The van der Waals surface area contributed by atoms with Crippen LogP contribution in [-0.4, -0.2) is 66.9 Å². The molecular formula is C22H26N4O3. The van der Waals surface area contributed by atoms with Crippen molar-refractivity contribution in [2.75, 3.05) is 45.2 Å². The molecule has 0 N–H and O–H groups in total. The van der Waals surface area contributed by atoms with Crippen molar-refractivity contribution in [2.45, 2.75) is 19.3 Å². The number of amides is 2. The third-order valence-corrected chi connectivity index (χ3v) is 5.38. The van der Waals surface area contributed by atoms with Gasteiger partial charge < -0.3 is 19.4 Å². The van der Waals surface area contributed by atoms with Crippen LogP contribution in [0.2, 0.25) is 0 Å². The smallest absolute Gasteiger partial charge is 0.255 e. The number of hydrogen-bond donors (Lipinski definition) is 0. The lowest BCUT2D eigenvalue weighted by Gasteiger charge is -2.31. The number of carbonyl (C=O) groups excluding carboxylic acids is 2. The van der Waals surface area contributed by atoms with E-state index in [0.717, 1.165) is 31.6 Å². The minimum atomic E-state index is -0.0297. The molecule has 1 fully saturated rings. The molecule has 7 nitrogen and oxygen atoms in total. The summed E-state index contributed by atoms with van der Waals surface area (Å²) in [6.07, 6.45) is 4.94. The zero-order valence-corrected chi connectivity index (χ0v) is 16.9. The fourth-order valence-corrected chi connectivity index (χ4v) is 3.79. The van der Waals surface area contributed by atoms with Gasteiger partial charge in [0.15, 0.2) is 11.6 Å². The van der Waals surface area contributed by atoms with Gasteiger partial charge in [0, 0.05) is 44.6 Å². The van der Waals surface area contributed by atoms with Crippen LogP contribution in [0.3, 0.4) is 0 Å². The minimum absolute atomic E-state index is 0.0206. The topological polar surface area (TPSA) is 66.0 Å². The van der Waals surface area contributed by atoms with Gasteiger partial charge in [0.05, 0.1) is 12.1 Å². The van der Waals surface area contributed by atoms with Crippen molar-refractivity contribution in [3.05, 3.63) is 47.7 Å². The van der Waals surface area contributed by atoms with Crippen molar-refractivity contribution in [3.63, 3.8) is 0 Å². The van der Waals surface area contributed by atoms with Gasteiger partial charge in [-0.3, -0.25) is 9.59 Å². The Balaban J connectivity index is 1.57. The molecule has 0 saturated carbocycles. The number of pyridine rings is 1. The largest absolute Gasteiger partial charge is 0.488 e. The highest BCUT2D eigenvalue weighted by Gasteiger charge is 2.25. The minimum Gasteiger partial charge on any atom is -0.488 e. The highest BCUT2D eigenvalue weighted by molar-refractivity contribution is 5.95. The zero-order valence-electron chi connectivity index (χ0n) is 16.9. The van der Waals surface area contributed by atoms with Crippen molar-refractivity contribution in [2.24, 2.45) is 0 Å². The van der Waals surface area contributed by atoms with Crippen LogP contribution in [0.5, 0.6) is 5.75 Å². The first-order chi connectivity index (χ1) is 14.0. The molecule has 2 aliphatic rings. The lowest BCUT2D eigenvalue weighted by Crippen LogP contribution is -2.36. The number of hydrogen-bond acceptors (Lipinski definition) is 5. The lowest BCUT2D eigenvalue weighted by molar-refractivity contribution is 0.0723. The van der Waals surface area contributed by atoms with Gasteiger partial charge in [-0.15, -0.1) is 0 Å². The number of ether oxygens (including phenoxy) is 1. The predicted octanol–water partition coefficient (Wildman–Crippen LogP) is 2.94. The molecule has 0 unspecified atom stereocenters.